The first-order chi connectivity index (χ1) is 16.4. The Kier molecular flexibility index (Phi) is 7.33. The smallest absolute Gasteiger partial charge is 0.243 e. The number of nitrogens with zero attached hydrogens (tertiary/aromatic N) is 2. The lowest BCUT2D eigenvalue weighted by Crippen LogP contribution is -2.42. The lowest BCUT2D eigenvalue weighted by molar-refractivity contribution is -0.136. The molecule has 0 N–H and O–H groups in total. The summed E-state index contributed by atoms with van der Waals surface area (Å²) >= 11 is 0. The zero-order valence-electron chi connectivity index (χ0n) is 19.9. The number of carbonyl (C=O) groups excluding carboxylic acids is 1. The second-order valence-electron chi connectivity index (χ2n) is 8.70. The Labute approximate surface area is 201 Å². The van der Waals surface area contributed by atoms with Crippen molar-refractivity contribution in [3.63, 3.8) is 0 Å². The molecule has 0 bridgehead atoms. The lowest BCUT2D eigenvalue weighted by Gasteiger charge is -2.31. The average molecular weight is 489 g/mol. The highest BCUT2D eigenvalue weighted by atomic mass is 32.2. The number of sulfonamides is 1. The fourth-order valence-corrected chi connectivity index (χ4v) is 6.40. The van der Waals surface area contributed by atoms with Gasteiger partial charge in [-0.05, 0) is 61.7 Å². The summed E-state index contributed by atoms with van der Waals surface area (Å²) in [6.45, 7) is 1.72. The quantitative estimate of drug-likeness (QED) is 0.595. The van der Waals surface area contributed by atoms with Gasteiger partial charge in [0.25, 0.3) is 0 Å². The molecule has 2 atom stereocenters. The number of piperidine rings is 1. The number of benzene rings is 2. The molecule has 2 aromatic carbocycles. The predicted molar refractivity (Wildman–Crippen MR) is 128 cm³/mol. The summed E-state index contributed by atoms with van der Waals surface area (Å²) in [4.78, 5) is 15.7. The molecule has 0 saturated carbocycles. The molecule has 2 aliphatic rings. The summed E-state index contributed by atoms with van der Waals surface area (Å²) in [6, 6.07) is 11.8. The van der Waals surface area contributed by atoms with E-state index in [1.54, 1.807) is 38.5 Å². The minimum absolute atomic E-state index is 0.00186. The van der Waals surface area contributed by atoms with Gasteiger partial charge in [0, 0.05) is 37.7 Å². The molecule has 4 rings (SSSR count). The van der Waals surface area contributed by atoms with Crippen molar-refractivity contribution in [3.05, 3.63) is 48.0 Å². The zero-order valence-corrected chi connectivity index (χ0v) is 20.7. The molecule has 2 aromatic rings. The van der Waals surface area contributed by atoms with Crippen LogP contribution in [0.3, 0.4) is 0 Å². The maximum absolute atomic E-state index is 13.6. The van der Waals surface area contributed by atoms with Crippen LogP contribution in [0.15, 0.2) is 47.4 Å². The van der Waals surface area contributed by atoms with Gasteiger partial charge >= 0.3 is 0 Å². The normalized spacial score (nSPS) is 21.3. The number of amides is 1. The van der Waals surface area contributed by atoms with Gasteiger partial charge in [-0.15, -0.1) is 0 Å². The van der Waals surface area contributed by atoms with Crippen molar-refractivity contribution in [1.29, 1.82) is 0 Å². The summed E-state index contributed by atoms with van der Waals surface area (Å²) < 4.78 is 44.7. The lowest BCUT2D eigenvalue weighted by atomic mass is 9.86. The minimum Gasteiger partial charge on any atom is -0.497 e. The number of ether oxygens (including phenoxy) is 3. The molecule has 0 aromatic heterocycles. The van der Waals surface area contributed by atoms with E-state index in [4.69, 9.17) is 14.2 Å². The van der Waals surface area contributed by atoms with Crippen LogP contribution in [-0.2, 0) is 14.8 Å². The molecule has 1 amide bonds. The molecule has 0 radical (unpaired) electrons. The van der Waals surface area contributed by atoms with Crippen LogP contribution < -0.4 is 14.2 Å². The number of hydrogen-bond donors (Lipinski definition) is 0. The summed E-state index contributed by atoms with van der Waals surface area (Å²) in [5.74, 6) is 0.974. The van der Waals surface area contributed by atoms with E-state index in [2.05, 4.69) is 0 Å². The molecule has 2 heterocycles. The third-order valence-corrected chi connectivity index (χ3v) is 8.65. The van der Waals surface area contributed by atoms with E-state index in [1.807, 2.05) is 11.0 Å². The second-order valence-corrected chi connectivity index (χ2v) is 10.6. The van der Waals surface area contributed by atoms with Gasteiger partial charge in [-0.25, -0.2) is 8.42 Å². The maximum atomic E-state index is 13.6. The zero-order chi connectivity index (χ0) is 24.3. The van der Waals surface area contributed by atoms with Crippen LogP contribution in [0.5, 0.6) is 17.2 Å². The number of likely N-dealkylation sites (tertiary alicyclic amines) is 1. The molecule has 2 fully saturated rings. The van der Waals surface area contributed by atoms with Crippen LogP contribution in [-0.4, -0.2) is 71.0 Å². The maximum Gasteiger partial charge on any atom is 0.243 e. The Morgan fingerprint density at radius 1 is 0.853 bits per heavy atom. The van der Waals surface area contributed by atoms with Gasteiger partial charge in [-0.1, -0.05) is 0 Å². The van der Waals surface area contributed by atoms with Gasteiger partial charge in [0.05, 0.1) is 32.1 Å². The van der Waals surface area contributed by atoms with Gasteiger partial charge in [0.15, 0.2) is 0 Å². The first-order valence-electron chi connectivity index (χ1n) is 11.5. The Morgan fingerprint density at radius 3 is 2.12 bits per heavy atom. The van der Waals surface area contributed by atoms with E-state index < -0.39 is 15.9 Å². The molecule has 9 heteroatoms. The molecule has 0 spiro atoms. The Morgan fingerprint density at radius 2 is 1.50 bits per heavy atom. The van der Waals surface area contributed by atoms with E-state index in [0.29, 0.717) is 30.3 Å². The number of rotatable bonds is 7. The second kappa shape index (κ2) is 10.2. The first-order valence-corrected chi connectivity index (χ1v) is 13.0. The molecule has 0 aliphatic carbocycles. The van der Waals surface area contributed by atoms with Gasteiger partial charge in [-0.3, -0.25) is 4.79 Å². The van der Waals surface area contributed by atoms with E-state index in [1.165, 1.54) is 23.5 Å². The van der Waals surface area contributed by atoms with Crippen LogP contribution in [0.1, 0.15) is 30.7 Å². The average Bonchev–Trinajstić information content (AvgIpc) is 3.34. The van der Waals surface area contributed by atoms with Crippen molar-refractivity contribution in [1.82, 2.24) is 9.21 Å². The van der Waals surface area contributed by atoms with Crippen molar-refractivity contribution in [2.75, 3.05) is 47.5 Å². The summed E-state index contributed by atoms with van der Waals surface area (Å²) in [6.07, 6.45) is 3.05. The van der Waals surface area contributed by atoms with Crippen molar-refractivity contribution < 1.29 is 27.4 Å². The highest BCUT2D eigenvalue weighted by Gasteiger charge is 2.46. The Bertz CT molecular complexity index is 1110. The first kappa shape index (κ1) is 24.3. The Balaban J connectivity index is 1.71. The highest BCUT2D eigenvalue weighted by Crippen LogP contribution is 2.42. The van der Waals surface area contributed by atoms with Crippen molar-refractivity contribution >= 4 is 15.9 Å². The van der Waals surface area contributed by atoms with E-state index in [-0.39, 0.29) is 29.8 Å². The molecule has 8 nitrogen and oxygen atoms in total. The van der Waals surface area contributed by atoms with E-state index in [0.717, 1.165) is 24.8 Å². The fraction of sp³-hybridized carbons (Fsp3) is 0.480. The summed E-state index contributed by atoms with van der Waals surface area (Å²) in [5.41, 5.74) is 0.782. The molecule has 184 valence electrons. The van der Waals surface area contributed by atoms with Gasteiger partial charge in [0.1, 0.15) is 17.2 Å². The van der Waals surface area contributed by atoms with Gasteiger partial charge < -0.3 is 19.1 Å². The third kappa shape index (κ3) is 4.72. The van der Waals surface area contributed by atoms with Crippen LogP contribution in [0.25, 0.3) is 0 Å². The summed E-state index contributed by atoms with van der Waals surface area (Å²) in [5, 5.41) is 0. The van der Waals surface area contributed by atoms with Crippen LogP contribution in [0.4, 0.5) is 0 Å². The Hall–Kier alpha value is -2.78. The van der Waals surface area contributed by atoms with E-state index in [9.17, 15) is 13.2 Å². The third-order valence-electron chi connectivity index (χ3n) is 6.80. The van der Waals surface area contributed by atoms with Crippen molar-refractivity contribution in [2.24, 2.45) is 5.92 Å². The molecule has 34 heavy (non-hydrogen) atoms. The largest absolute Gasteiger partial charge is 0.497 e. The fourth-order valence-electron chi connectivity index (χ4n) is 4.90. The monoisotopic (exact) mass is 488 g/mol. The van der Waals surface area contributed by atoms with Gasteiger partial charge in [-0.2, -0.15) is 4.31 Å². The van der Waals surface area contributed by atoms with Crippen LogP contribution >= 0.6 is 0 Å². The minimum atomic E-state index is -3.80. The topological polar surface area (TPSA) is 85.4 Å². The number of carbonyl (C=O) groups is 1. The van der Waals surface area contributed by atoms with E-state index >= 15 is 0 Å². The van der Waals surface area contributed by atoms with Crippen LogP contribution in [0, 0.1) is 5.92 Å². The van der Waals surface area contributed by atoms with Crippen LogP contribution in [0.2, 0.25) is 0 Å². The molecule has 2 unspecified atom stereocenters. The molecular weight excluding hydrogens is 456 g/mol. The molecular formula is C25H32N2O6S. The number of hydrogen-bond acceptors (Lipinski definition) is 6. The van der Waals surface area contributed by atoms with Gasteiger partial charge in [0.2, 0.25) is 15.9 Å². The summed E-state index contributed by atoms with van der Waals surface area (Å²) in [7, 11) is 0.890. The van der Waals surface area contributed by atoms with Crippen molar-refractivity contribution in [2.45, 2.75) is 30.1 Å². The molecule has 2 aliphatic heterocycles. The highest BCUT2D eigenvalue weighted by molar-refractivity contribution is 7.89. The predicted octanol–water partition coefficient (Wildman–Crippen LogP) is 3.13. The van der Waals surface area contributed by atoms with Crippen molar-refractivity contribution in [3.8, 4) is 17.2 Å². The standard InChI is InChI=1S/C25H32N2O6S/c1-31-18-7-10-20(11-8-18)34(29,30)27-16-22(21-15-19(32-2)9-12-24(21)33-3)23(17-27)25(28)26-13-5-4-6-14-26/h7-12,15,22-23H,4-6,13-14,16-17H2,1-3H3. The number of methoxy groups -OCH3 is 3. The SMILES string of the molecule is COc1ccc(S(=O)(=O)N2CC(C(=O)N3CCCCC3)C(c3cc(OC)ccc3OC)C2)cc1. The molecule has 2 saturated heterocycles.